The minimum absolute atomic E-state index is 0. The monoisotopic (exact) mass is 436 g/mol. The fourth-order valence-electron chi connectivity index (χ4n) is 3.00. The second kappa shape index (κ2) is 14.3. The number of aryl methyl sites for hydroxylation is 2. The molecule has 0 amide bonds. The third-order valence-electron chi connectivity index (χ3n) is 4.87. The van der Waals surface area contributed by atoms with Gasteiger partial charge in [0.15, 0.2) is 0 Å². The summed E-state index contributed by atoms with van der Waals surface area (Å²) in [5.41, 5.74) is 2.32. The van der Waals surface area contributed by atoms with Crippen LogP contribution in [0.25, 0.3) is 0 Å². The Morgan fingerprint density at radius 2 is 1.40 bits per heavy atom. The minimum Gasteiger partial charge on any atom is -0.393 e. The molecule has 6 nitrogen and oxygen atoms in total. The molecule has 30 heavy (non-hydrogen) atoms. The maximum absolute atomic E-state index is 9.37. The van der Waals surface area contributed by atoms with Gasteiger partial charge in [-0.05, 0) is 75.9 Å². The standard InChI is InChI=1S/C11H16N2O.C6H6ClN.C5H11NO.CH4/c1-9-2-3-11(12-8-9)13-6-4-10(14)5-7-13;1-5-2-3-6(7)8-4-5;7-5-1-3-6-4-2-5;/h2-3,8,10,14H,4-7H2,1H3;2-4H,1H3;5-7H,1-4H2;1H4. The molecule has 3 N–H and O–H groups in total. The van der Waals surface area contributed by atoms with E-state index in [0.29, 0.717) is 5.15 Å². The largest absolute Gasteiger partial charge is 0.393 e. The van der Waals surface area contributed by atoms with Crippen LogP contribution >= 0.6 is 11.6 Å². The molecule has 0 atom stereocenters. The summed E-state index contributed by atoms with van der Waals surface area (Å²) in [6.07, 6.45) is 7.06. The van der Waals surface area contributed by atoms with Crippen molar-refractivity contribution in [1.29, 1.82) is 0 Å². The molecule has 4 rings (SSSR count). The van der Waals surface area contributed by atoms with Crippen LogP contribution in [0.3, 0.4) is 0 Å². The first-order valence-corrected chi connectivity index (χ1v) is 10.6. The first-order chi connectivity index (χ1) is 13.9. The lowest BCUT2D eigenvalue weighted by Gasteiger charge is -2.30. The Hall–Kier alpha value is -1.73. The highest BCUT2D eigenvalue weighted by molar-refractivity contribution is 6.29. The maximum Gasteiger partial charge on any atom is 0.129 e. The lowest BCUT2D eigenvalue weighted by molar-refractivity contribution is 0.137. The van der Waals surface area contributed by atoms with E-state index in [-0.39, 0.29) is 19.6 Å². The maximum atomic E-state index is 9.37. The Balaban J connectivity index is 0.000000241. The molecule has 0 unspecified atom stereocenters. The zero-order valence-corrected chi connectivity index (χ0v) is 18.1. The smallest absolute Gasteiger partial charge is 0.129 e. The molecule has 2 aliphatic rings. The van der Waals surface area contributed by atoms with Crippen LogP contribution in [0.2, 0.25) is 5.15 Å². The normalized spacial score (nSPS) is 17.0. The van der Waals surface area contributed by atoms with Crippen molar-refractivity contribution in [2.75, 3.05) is 31.1 Å². The first kappa shape index (κ1) is 26.3. The van der Waals surface area contributed by atoms with Gasteiger partial charge in [0.1, 0.15) is 11.0 Å². The summed E-state index contributed by atoms with van der Waals surface area (Å²) in [5.74, 6) is 1.03. The van der Waals surface area contributed by atoms with E-state index < -0.39 is 0 Å². The molecule has 0 aromatic carbocycles. The second-order valence-electron chi connectivity index (χ2n) is 7.55. The Morgan fingerprint density at radius 3 is 1.80 bits per heavy atom. The average Bonchev–Trinajstić information content (AvgIpc) is 2.73. The van der Waals surface area contributed by atoms with Crippen LogP contribution in [-0.4, -0.2) is 58.6 Å². The first-order valence-electron chi connectivity index (χ1n) is 10.3. The van der Waals surface area contributed by atoms with Gasteiger partial charge in [-0.1, -0.05) is 31.2 Å². The third-order valence-corrected chi connectivity index (χ3v) is 5.09. The number of aromatic nitrogens is 2. The van der Waals surface area contributed by atoms with Crippen molar-refractivity contribution in [3.8, 4) is 0 Å². The summed E-state index contributed by atoms with van der Waals surface area (Å²) in [6, 6.07) is 7.83. The van der Waals surface area contributed by atoms with Gasteiger partial charge in [-0.25, -0.2) is 9.97 Å². The van der Waals surface area contributed by atoms with Gasteiger partial charge in [0.25, 0.3) is 0 Å². The Morgan fingerprint density at radius 1 is 0.867 bits per heavy atom. The van der Waals surface area contributed by atoms with Crippen molar-refractivity contribution in [3.63, 3.8) is 0 Å². The van der Waals surface area contributed by atoms with Crippen LogP contribution in [0.1, 0.15) is 44.2 Å². The fraction of sp³-hybridized carbons (Fsp3) is 0.565. The summed E-state index contributed by atoms with van der Waals surface area (Å²) < 4.78 is 0. The van der Waals surface area contributed by atoms with Gasteiger partial charge < -0.3 is 20.4 Å². The summed E-state index contributed by atoms with van der Waals surface area (Å²) in [6.45, 7) is 7.82. The van der Waals surface area contributed by atoms with Crippen LogP contribution in [0, 0.1) is 13.8 Å². The van der Waals surface area contributed by atoms with Gasteiger partial charge in [0, 0.05) is 25.5 Å². The summed E-state index contributed by atoms with van der Waals surface area (Å²) >= 11 is 5.50. The molecule has 0 aliphatic carbocycles. The van der Waals surface area contributed by atoms with Gasteiger partial charge in [0.2, 0.25) is 0 Å². The van der Waals surface area contributed by atoms with Crippen molar-refractivity contribution in [3.05, 3.63) is 52.9 Å². The molecule has 0 radical (unpaired) electrons. The van der Waals surface area contributed by atoms with E-state index in [4.69, 9.17) is 16.7 Å². The van der Waals surface area contributed by atoms with Crippen LogP contribution in [-0.2, 0) is 0 Å². The van der Waals surface area contributed by atoms with E-state index in [9.17, 15) is 5.11 Å². The zero-order valence-electron chi connectivity index (χ0n) is 17.4. The molecule has 0 spiro atoms. The molecular formula is C23H37ClN4O2. The number of nitrogens with one attached hydrogen (secondary N) is 1. The Bertz CT molecular complexity index is 662. The van der Waals surface area contributed by atoms with E-state index in [2.05, 4.69) is 26.3 Å². The SMILES string of the molecule is C.Cc1ccc(Cl)nc1.Cc1ccc(N2CCC(O)CC2)nc1.OC1CCNCC1. The Kier molecular flexibility index (Phi) is 12.5. The molecule has 2 fully saturated rings. The number of hydrogen-bond donors (Lipinski definition) is 3. The van der Waals surface area contributed by atoms with Gasteiger partial charge >= 0.3 is 0 Å². The van der Waals surface area contributed by atoms with E-state index in [0.717, 1.165) is 63.2 Å². The number of hydrogen-bond acceptors (Lipinski definition) is 6. The zero-order chi connectivity index (χ0) is 21.1. The lowest BCUT2D eigenvalue weighted by atomic mass is 10.1. The quantitative estimate of drug-likeness (QED) is 0.590. The van der Waals surface area contributed by atoms with Crippen molar-refractivity contribution >= 4 is 17.4 Å². The van der Waals surface area contributed by atoms with Crippen LogP contribution in [0.5, 0.6) is 0 Å². The summed E-state index contributed by atoms with van der Waals surface area (Å²) in [7, 11) is 0. The topological polar surface area (TPSA) is 81.5 Å². The van der Waals surface area contributed by atoms with Gasteiger partial charge in [-0.15, -0.1) is 0 Å². The number of pyridine rings is 2. The summed E-state index contributed by atoms with van der Waals surface area (Å²) in [4.78, 5) is 10.4. The molecule has 2 aromatic rings. The molecule has 7 heteroatoms. The molecule has 4 heterocycles. The fourth-order valence-corrected chi connectivity index (χ4v) is 3.11. The molecule has 168 valence electrons. The Labute approximate surface area is 186 Å². The number of aliphatic hydroxyl groups excluding tert-OH is 2. The number of nitrogens with zero attached hydrogens (tertiary/aromatic N) is 3. The molecule has 2 aromatic heterocycles. The second-order valence-corrected chi connectivity index (χ2v) is 7.94. The molecular weight excluding hydrogens is 400 g/mol. The van der Waals surface area contributed by atoms with Crippen LogP contribution in [0.4, 0.5) is 5.82 Å². The highest BCUT2D eigenvalue weighted by atomic mass is 35.5. The molecule has 0 saturated carbocycles. The highest BCUT2D eigenvalue weighted by Crippen LogP contribution is 2.17. The third kappa shape index (κ3) is 10.3. The molecule has 2 aliphatic heterocycles. The number of piperidine rings is 2. The van der Waals surface area contributed by atoms with E-state index in [1.807, 2.05) is 32.2 Å². The predicted octanol–water partition coefficient (Wildman–Crippen LogP) is 3.76. The van der Waals surface area contributed by atoms with Gasteiger partial charge in [-0.3, -0.25) is 0 Å². The lowest BCUT2D eigenvalue weighted by Crippen LogP contribution is -2.36. The minimum atomic E-state index is -0.114. The average molecular weight is 437 g/mol. The van der Waals surface area contributed by atoms with Gasteiger partial charge in [-0.2, -0.15) is 0 Å². The van der Waals surface area contributed by atoms with E-state index in [1.54, 1.807) is 12.3 Å². The van der Waals surface area contributed by atoms with E-state index >= 15 is 0 Å². The van der Waals surface area contributed by atoms with Crippen molar-refractivity contribution in [1.82, 2.24) is 15.3 Å². The van der Waals surface area contributed by atoms with Crippen LogP contribution < -0.4 is 10.2 Å². The molecule has 2 saturated heterocycles. The van der Waals surface area contributed by atoms with Crippen molar-refractivity contribution in [2.45, 2.75) is 59.2 Å². The highest BCUT2D eigenvalue weighted by Gasteiger charge is 2.17. The number of rotatable bonds is 1. The number of anilines is 1. The van der Waals surface area contributed by atoms with Crippen molar-refractivity contribution in [2.24, 2.45) is 0 Å². The summed E-state index contributed by atoms with van der Waals surface area (Å²) in [5, 5.41) is 21.9. The number of aliphatic hydroxyl groups is 2. The number of halogens is 1. The molecule has 0 bridgehead atoms. The van der Waals surface area contributed by atoms with Crippen molar-refractivity contribution < 1.29 is 10.2 Å². The van der Waals surface area contributed by atoms with E-state index in [1.165, 1.54) is 5.56 Å². The van der Waals surface area contributed by atoms with Gasteiger partial charge in [0.05, 0.1) is 12.2 Å². The van der Waals surface area contributed by atoms with Crippen LogP contribution in [0.15, 0.2) is 36.7 Å². The predicted molar refractivity (Wildman–Crippen MR) is 125 cm³/mol.